The predicted octanol–water partition coefficient (Wildman–Crippen LogP) is 16.3. The van der Waals surface area contributed by atoms with Crippen LogP contribution in [0.15, 0.2) is 12.2 Å². The predicted molar refractivity (Wildman–Crippen MR) is 212 cm³/mol. The number of carbonyl (C=O) groups is 1. The number of hydrogen-bond acceptors (Lipinski definition) is 2. The molecule has 47 heavy (non-hydrogen) atoms. The molecule has 0 atom stereocenters. The second kappa shape index (κ2) is 43.2. The zero-order chi connectivity index (χ0) is 34.0. The first-order valence-electron chi connectivity index (χ1n) is 22.1. The minimum Gasteiger partial charge on any atom is -0.466 e. The second-order valence-corrected chi connectivity index (χ2v) is 15.0. The van der Waals surface area contributed by atoms with Gasteiger partial charge in [0.2, 0.25) is 0 Å². The van der Waals surface area contributed by atoms with Crippen molar-refractivity contribution >= 4 is 5.97 Å². The van der Waals surface area contributed by atoms with E-state index < -0.39 is 0 Å². The smallest absolute Gasteiger partial charge is 0.305 e. The normalized spacial score (nSPS) is 11.6. The monoisotopic (exact) mass is 661 g/mol. The van der Waals surface area contributed by atoms with Crippen LogP contribution in [0.1, 0.15) is 264 Å². The first kappa shape index (κ1) is 46.2. The van der Waals surface area contributed by atoms with Gasteiger partial charge in [0.25, 0.3) is 0 Å². The lowest BCUT2D eigenvalue weighted by Gasteiger charge is -2.06. The Morgan fingerprint density at radius 2 is 0.596 bits per heavy atom. The van der Waals surface area contributed by atoms with Gasteiger partial charge in [-0.2, -0.15) is 0 Å². The molecule has 0 amide bonds. The van der Waals surface area contributed by atoms with Gasteiger partial charge < -0.3 is 4.74 Å². The molecule has 0 aliphatic rings. The van der Waals surface area contributed by atoms with Gasteiger partial charge in [-0.3, -0.25) is 4.79 Å². The van der Waals surface area contributed by atoms with Crippen LogP contribution in [-0.4, -0.2) is 12.6 Å². The van der Waals surface area contributed by atoms with Crippen molar-refractivity contribution in [2.24, 2.45) is 0 Å². The zero-order valence-corrected chi connectivity index (χ0v) is 32.8. The van der Waals surface area contributed by atoms with Crippen LogP contribution in [0.5, 0.6) is 0 Å². The summed E-state index contributed by atoms with van der Waals surface area (Å²) in [6.45, 7) is 5.22. The van der Waals surface area contributed by atoms with Crippen LogP contribution in [0.2, 0.25) is 0 Å². The van der Waals surface area contributed by atoms with E-state index in [0.717, 1.165) is 12.8 Å². The molecule has 0 rings (SSSR count). The molecule has 0 fully saturated rings. The molecule has 0 unspecified atom stereocenters. The maximum Gasteiger partial charge on any atom is 0.305 e. The molecule has 0 aliphatic heterocycles. The van der Waals surface area contributed by atoms with Gasteiger partial charge in [0.05, 0.1) is 6.61 Å². The van der Waals surface area contributed by atoms with Crippen molar-refractivity contribution in [1.82, 2.24) is 0 Å². The van der Waals surface area contributed by atoms with E-state index >= 15 is 0 Å². The van der Waals surface area contributed by atoms with Gasteiger partial charge >= 0.3 is 5.97 Å². The van der Waals surface area contributed by atoms with Crippen molar-refractivity contribution in [3.05, 3.63) is 12.2 Å². The summed E-state index contributed by atoms with van der Waals surface area (Å²) in [5.41, 5.74) is 0. The third kappa shape index (κ3) is 43.2. The molecule has 0 N–H and O–H groups in total. The van der Waals surface area contributed by atoms with E-state index in [1.807, 2.05) is 0 Å². The van der Waals surface area contributed by atoms with E-state index in [1.165, 1.54) is 231 Å². The molecule has 0 radical (unpaired) electrons. The van der Waals surface area contributed by atoms with E-state index in [-0.39, 0.29) is 5.97 Å². The number of allylic oxidation sites excluding steroid dienone is 2. The van der Waals surface area contributed by atoms with E-state index in [4.69, 9.17) is 4.74 Å². The highest BCUT2D eigenvalue weighted by Crippen LogP contribution is 2.16. The van der Waals surface area contributed by atoms with Crippen molar-refractivity contribution in [1.29, 1.82) is 0 Å². The fraction of sp³-hybridized carbons (Fsp3) is 0.933. The summed E-state index contributed by atoms with van der Waals surface area (Å²) in [7, 11) is 0. The number of unbranched alkanes of at least 4 members (excludes halogenated alkanes) is 35. The van der Waals surface area contributed by atoms with Crippen molar-refractivity contribution in [3.8, 4) is 0 Å². The molecule has 0 saturated heterocycles. The minimum atomic E-state index is 0.0284. The quantitative estimate of drug-likeness (QED) is 0.0370. The lowest BCUT2D eigenvalue weighted by Crippen LogP contribution is -2.05. The second-order valence-electron chi connectivity index (χ2n) is 15.0. The van der Waals surface area contributed by atoms with Crippen LogP contribution in [0.25, 0.3) is 0 Å². The molecule has 2 nitrogen and oxygen atoms in total. The highest BCUT2D eigenvalue weighted by atomic mass is 16.5. The summed E-state index contributed by atoms with van der Waals surface area (Å²) in [5, 5.41) is 0. The number of hydrogen-bond donors (Lipinski definition) is 0. The average molecular weight is 661 g/mol. The third-order valence-electron chi connectivity index (χ3n) is 10.2. The van der Waals surface area contributed by atoms with E-state index in [2.05, 4.69) is 26.0 Å². The van der Waals surface area contributed by atoms with Crippen molar-refractivity contribution < 1.29 is 9.53 Å². The Hall–Kier alpha value is -0.790. The van der Waals surface area contributed by atoms with Gasteiger partial charge in [-0.25, -0.2) is 0 Å². The molecule has 0 aromatic carbocycles. The van der Waals surface area contributed by atoms with Gasteiger partial charge in [-0.05, 0) is 38.5 Å². The molecule has 280 valence electrons. The van der Waals surface area contributed by atoms with Gasteiger partial charge in [0, 0.05) is 6.42 Å². The number of ether oxygens (including phenoxy) is 1. The first-order valence-corrected chi connectivity index (χ1v) is 22.1. The third-order valence-corrected chi connectivity index (χ3v) is 10.2. The highest BCUT2D eigenvalue weighted by molar-refractivity contribution is 5.69. The van der Waals surface area contributed by atoms with Gasteiger partial charge in [0.1, 0.15) is 0 Å². The molecule has 0 aromatic rings. The molecular formula is C45H88O2. The van der Waals surface area contributed by atoms with Crippen LogP contribution < -0.4 is 0 Å². The van der Waals surface area contributed by atoms with Crippen LogP contribution in [0.3, 0.4) is 0 Å². The summed E-state index contributed by atoms with van der Waals surface area (Å²) >= 11 is 0. The van der Waals surface area contributed by atoms with Gasteiger partial charge in [-0.15, -0.1) is 0 Å². The average Bonchev–Trinajstić information content (AvgIpc) is 3.08. The fourth-order valence-electron chi connectivity index (χ4n) is 6.84. The standard InChI is InChI=1S/C45H88O2/c1-3-5-7-9-11-13-15-17-19-21-23-24-25-27-29-31-33-35-37-39-41-43-45(46)47-44-42-40-38-36-34-32-30-28-26-22-20-18-16-14-12-10-8-6-4-2/h17,19H,3-16,18,20-44H2,1-2H3/b19-17-. The van der Waals surface area contributed by atoms with Crippen LogP contribution in [-0.2, 0) is 9.53 Å². The molecule has 2 heteroatoms. The number of rotatable bonds is 41. The summed E-state index contributed by atoms with van der Waals surface area (Å²) in [6.07, 6.45) is 57.4. The summed E-state index contributed by atoms with van der Waals surface area (Å²) in [5.74, 6) is 0.0284. The first-order chi connectivity index (χ1) is 23.3. The van der Waals surface area contributed by atoms with Crippen LogP contribution in [0.4, 0.5) is 0 Å². The SMILES string of the molecule is CCCCCCCC/C=C\CCCCCCCCCCCCCC(=O)OCCCCCCCCCCCCCCCCCCCCC. The van der Waals surface area contributed by atoms with Crippen molar-refractivity contribution in [2.45, 2.75) is 264 Å². The Labute approximate surface area is 297 Å². The Kier molecular flexibility index (Phi) is 42.5. The maximum atomic E-state index is 12.0. The van der Waals surface area contributed by atoms with E-state index in [0.29, 0.717) is 13.0 Å². The zero-order valence-electron chi connectivity index (χ0n) is 32.8. The Morgan fingerprint density at radius 3 is 0.915 bits per heavy atom. The van der Waals surface area contributed by atoms with Crippen LogP contribution in [0, 0.1) is 0 Å². The highest BCUT2D eigenvalue weighted by Gasteiger charge is 2.03. The van der Waals surface area contributed by atoms with Crippen molar-refractivity contribution in [3.63, 3.8) is 0 Å². The maximum absolute atomic E-state index is 12.0. The lowest BCUT2D eigenvalue weighted by atomic mass is 10.0. The van der Waals surface area contributed by atoms with Gasteiger partial charge in [0.15, 0.2) is 0 Å². The summed E-state index contributed by atoms with van der Waals surface area (Å²) in [4.78, 5) is 12.0. The Bertz CT molecular complexity index is 597. The number of esters is 1. The molecule has 0 saturated carbocycles. The Balaban J connectivity index is 3.17. The topological polar surface area (TPSA) is 26.3 Å². The molecule has 0 heterocycles. The van der Waals surface area contributed by atoms with Crippen LogP contribution >= 0.6 is 0 Å². The molecule has 0 aliphatic carbocycles. The van der Waals surface area contributed by atoms with E-state index in [1.54, 1.807) is 0 Å². The van der Waals surface area contributed by atoms with Crippen molar-refractivity contribution in [2.75, 3.05) is 6.61 Å². The molecular weight excluding hydrogens is 572 g/mol. The fourth-order valence-corrected chi connectivity index (χ4v) is 6.84. The summed E-state index contributed by atoms with van der Waals surface area (Å²) in [6, 6.07) is 0. The lowest BCUT2D eigenvalue weighted by molar-refractivity contribution is -0.143. The number of carbonyl (C=O) groups excluding carboxylic acids is 1. The molecule has 0 aromatic heterocycles. The Morgan fingerprint density at radius 1 is 0.340 bits per heavy atom. The molecule has 0 bridgehead atoms. The van der Waals surface area contributed by atoms with E-state index in [9.17, 15) is 4.79 Å². The molecule has 0 spiro atoms. The minimum absolute atomic E-state index is 0.0284. The van der Waals surface area contributed by atoms with Gasteiger partial charge in [-0.1, -0.05) is 231 Å². The largest absolute Gasteiger partial charge is 0.466 e. The summed E-state index contributed by atoms with van der Waals surface area (Å²) < 4.78 is 5.48.